The summed E-state index contributed by atoms with van der Waals surface area (Å²) in [5, 5.41) is 18.1. The van der Waals surface area contributed by atoms with Gasteiger partial charge in [-0.2, -0.15) is 13.2 Å². The van der Waals surface area contributed by atoms with Crippen LogP contribution in [0.4, 0.5) is 13.2 Å². The summed E-state index contributed by atoms with van der Waals surface area (Å²) >= 11 is 0. The van der Waals surface area contributed by atoms with Crippen LogP contribution in [0.25, 0.3) is 0 Å². The number of hydrogen-bond acceptors (Lipinski definition) is 3. The predicted molar refractivity (Wildman–Crippen MR) is 44.8 cm³/mol. The molecule has 1 rings (SSSR count). The van der Waals surface area contributed by atoms with Crippen LogP contribution in [0.1, 0.15) is 22.8 Å². The van der Waals surface area contributed by atoms with E-state index in [1.165, 1.54) is 0 Å². The molecule has 0 saturated carbocycles. The van der Waals surface area contributed by atoms with Crippen LogP contribution < -0.4 is 0 Å². The van der Waals surface area contributed by atoms with Gasteiger partial charge >= 0.3 is 6.18 Å². The molecule has 0 aliphatic heterocycles. The van der Waals surface area contributed by atoms with Crippen LogP contribution >= 0.6 is 0 Å². The van der Waals surface area contributed by atoms with E-state index < -0.39 is 34.6 Å². The highest BCUT2D eigenvalue weighted by Crippen LogP contribution is 2.39. The van der Waals surface area contributed by atoms with Crippen molar-refractivity contribution in [2.24, 2.45) is 0 Å². The quantitative estimate of drug-likeness (QED) is 0.564. The standard InChI is InChI=1S/C9H7F3O3/c1-4(13)6-2-5(14)3-7(8(6)15)9(10,11)12/h2-3,14-15H,1H3. The number of ketones is 1. The van der Waals surface area contributed by atoms with E-state index in [9.17, 15) is 18.0 Å². The molecule has 0 heterocycles. The topological polar surface area (TPSA) is 57.5 Å². The highest BCUT2D eigenvalue weighted by Gasteiger charge is 2.36. The third-order valence-corrected chi connectivity index (χ3v) is 1.78. The number of benzene rings is 1. The van der Waals surface area contributed by atoms with Gasteiger partial charge < -0.3 is 10.2 Å². The number of Topliss-reactive ketones (excluding diaryl/α,β-unsaturated/α-hetero) is 1. The Bertz CT molecular complexity index is 410. The molecule has 1 aromatic rings. The van der Waals surface area contributed by atoms with Gasteiger partial charge in [0.15, 0.2) is 5.78 Å². The van der Waals surface area contributed by atoms with E-state index in [2.05, 4.69) is 0 Å². The zero-order chi connectivity index (χ0) is 11.8. The minimum atomic E-state index is -4.81. The Labute approximate surface area is 82.8 Å². The lowest BCUT2D eigenvalue weighted by Crippen LogP contribution is -2.07. The molecule has 0 spiro atoms. The van der Waals surface area contributed by atoms with Gasteiger partial charge in [0.1, 0.15) is 17.1 Å². The highest BCUT2D eigenvalue weighted by atomic mass is 19.4. The van der Waals surface area contributed by atoms with Crippen LogP contribution in [-0.2, 0) is 6.18 Å². The van der Waals surface area contributed by atoms with Gasteiger partial charge in [0.25, 0.3) is 0 Å². The summed E-state index contributed by atoms with van der Waals surface area (Å²) in [6, 6.07) is 1.15. The van der Waals surface area contributed by atoms with Gasteiger partial charge in [0.05, 0.1) is 5.56 Å². The number of hydrogen-bond donors (Lipinski definition) is 2. The van der Waals surface area contributed by atoms with E-state index in [1.807, 2.05) is 0 Å². The van der Waals surface area contributed by atoms with Crippen molar-refractivity contribution in [1.82, 2.24) is 0 Å². The lowest BCUT2D eigenvalue weighted by Gasteiger charge is -2.11. The van der Waals surface area contributed by atoms with E-state index in [0.717, 1.165) is 13.0 Å². The third kappa shape index (κ3) is 2.20. The lowest BCUT2D eigenvalue weighted by molar-refractivity contribution is -0.138. The van der Waals surface area contributed by atoms with Crippen LogP contribution in [0.5, 0.6) is 11.5 Å². The maximum Gasteiger partial charge on any atom is 0.420 e. The second kappa shape index (κ2) is 3.45. The molecule has 0 aliphatic rings. The molecular formula is C9H7F3O3. The maximum absolute atomic E-state index is 12.3. The Balaban J connectivity index is 3.49. The summed E-state index contributed by atoms with van der Waals surface area (Å²) in [7, 11) is 0. The Morgan fingerprint density at radius 2 is 1.80 bits per heavy atom. The van der Waals surface area contributed by atoms with Crippen molar-refractivity contribution in [3.05, 3.63) is 23.3 Å². The molecule has 0 atom stereocenters. The molecule has 0 radical (unpaired) electrons. The van der Waals surface area contributed by atoms with Crippen LogP contribution in [0.3, 0.4) is 0 Å². The molecule has 6 heteroatoms. The summed E-state index contributed by atoms with van der Waals surface area (Å²) in [4.78, 5) is 10.9. The van der Waals surface area contributed by atoms with Gasteiger partial charge in [-0.25, -0.2) is 0 Å². The zero-order valence-corrected chi connectivity index (χ0v) is 7.59. The number of phenols is 2. The maximum atomic E-state index is 12.3. The van der Waals surface area contributed by atoms with Crippen LogP contribution in [0.2, 0.25) is 0 Å². The molecule has 0 aromatic heterocycles. The third-order valence-electron chi connectivity index (χ3n) is 1.78. The molecule has 0 bridgehead atoms. The second-order valence-corrected chi connectivity index (χ2v) is 2.94. The Morgan fingerprint density at radius 1 is 1.27 bits per heavy atom. The largest absolute Gasteiger partial charge is 0.508 e. The minimum Gasteiger partial charge on any atom is -0.508 e. The highest BCUT2D eigenvalue weighted by molar-refractivity contribution is 5.97. The Morgan fingerprint density at radius 3 is 2.20 bits per heavy atom. The fraction of sp³-hybridized carbons (Fsp3) is 0.222. The molecule has 15 heavy (non-hydrogen) atoms. The van der Waals surface area contributed by atoms with Crippen LogP contribution in [0.15, 0.2) is 12.1 Å². The van der Waals surface area contributed by atoms with Gasteiger partial charge in [-0.05, 0) is 19.1 Å². The smallest absolute Gasteiger partial charge is 0.420 e. The van der Waals surface area contributed by atoms with Gasteiger partial charge in [0, 0.05) is 0 Å². The molecule has 2 N–H and O–H groups in total. The zero-order valence-electron chi connectivity index (χ0n) is 7.59. The molecule has 0 saturated heterocycles. The van der Waals surface area contributed by atoms with Gasteiger partial charge in [-0.1, -0.05) is 0 Å². The first-order valence-electron chi connectivity index (χ1n) is 3.87. The summed E-state index contributed by atoms with van der Waals surface area (Å²) in [6.45, 7) is 0.995. The van der Waals surface area contributed by atoms with Crippen molar-refractivity contribution in [2.45, 2.75) is 13.1 Å². The van der Waals surface area contributed by atoms with Gasteiger partial charge in [-0.3, -0.25) is 4.79 Å². The first-order valence-corrected chi connectivity index (χ1v) is 3.87. The van der Waals surface area contributed by atoms with Crippen LogP contribution in [-0.4, -0.2) is 16.0 Å². The summed E-state index contributed by atoms with van der Waals surface area (Å²) in [6.07, 6.45) is -4.81. The average Bonchev–Trinajstić information content (AvgIpc) is 2.06. The number of halogens is 3. The van der Waals surface area contributed by atoms with Crippen LogP contribution in [0, 0.1) is 0 Å². The predicted octanol–water partition coefficient (Wildman–Crippen LogP) is 2.32. The molecule has 82 valence electrons. The first-order chi connectivity index (χ1) is 6.73. The van der Waals surface area contributed by atoms with E-state index >= 15 is 0 Å². The van der Waals surface area contributed by atoms with Crippen molar-refractivity contribution < 1.29 is 28.2 Å². The molecule has 0 amide bonds. The van der Waals surface area contributed by atoms with Crippen molar-refractivity contribution >= 4 is 5.78 Å². The number of alkyl halides is 3. The Kier molecular flexibility index (Phi) is 2.61. The molecular weight excluding hydrogens is 213 g/mol. The van der Waals surface area contributed by atoms with Crippen molar-refractivity contribution in [1.29, 1.82) is 0 Å². The molecule has 0 fully saturated rings. The summed E-state index contributed by atoms with van der Waals surface area (Å²) in [5.74, 6) is -2.63. The van der Waals surface area contributed by atoms with Crippen molar-refractivity contribution in [2.75, 3.05) is 0 Å². The fourth-order valence-corrected chi connectivity index (χ4v) is 1.10. The molecule has 0 unspecified atom stereocenters. The normalized spacial score (nSPS) is 11.5. The van der Waals surface area contributed by atoms with E-state index in [-0.39, 0.29) is 0 Å². The lowest BCUT2D eigenvalue weighted by atomic mass is 10.0. The van der Waals surface area contributed by atoms with E-state index in [4.69, 9.17) is 10.2 Å². The number of carbonyl (C=O) groups is 1. The van der Waals surface area contributed by atoms with E-state index in [1.54, 1.807) is 0 Å². The fourth-order valence-electron chi connectivity index (χ4n) is 1.10. The number of aromatic hydroxyl groups is 2. The Hall–Kier alpha value is -1.72. The first kappa shape index (κ1) is 11.4. The average molecular weight is 220 g/mol. The minimum absolute atomic E-state index is 0.363. The van der Waals surface area contributed by atoms with E-state index in [0.29, 0.717) is 6.07 Å². The summed E-state index contributed by atoms with van der Waals surface area (Å²) in [5.41, 5.74) is -1.98. The SMILES string of the molecule is CC(=O)c1cc(O)cc(C(F)(F)F)c1O. The molecule has 1 aromatic carbocycles. The number of rotatable bonds is 1. The molecule has 3 nitrogen and oxygen atoms in total. The van der Waals surface area contributed by atoms with Gasteiger partial charge in [-0.15, -0.1) is 0 Å². The number of phenolic OH excluding ortho intramolecular Hbond substituents is 2. The molecule has 0 aliphatic carbocycles. The van der Waals surface area contributed by atoms with Crippen molar-refractivity contribution in [3.8, 4) is 11.5 Å². The number of carbonyl (C=O) groups excluding carboxylic acids is 1. The van der Waals surface area contributed by atoms with Gasteiger partial charge in [0.2, 0.25) is 0 Å². The monoisotopic (exact) mass is 220 g/mol. The second-order valence-electron chi connectivity index (χ2n) is 2.94. The summed E-state index contributed by atoms with van der Waals surface area (Å²) < 4.78 is 36.9. The van der Waals surface area contributed by atoms with Crippen molar-refractivity contribution in [3.63, 3.8) is 0 Å².